The first-order valence-electron chi connectivity index (χ1n) is 15.0. The Morgan fingerprint density at radius 2 is 1.85 bits per heavy atom. The van der Waals surface area contributed by atoms with Crippen LogP contribution >= 0.6 is 0 Å². The highest BCUT2D eigenvalue weighted by atomic mass is 19.3. The van der Waals surface area contributed by atoms with E-state index >= 15 is 0 Å². The molecular weight excluding hydrogens is 524 g/mol. The predicted molar refractivity (Wildman–Crippen MR) is 157 cm³/mol. The predicted octanol–water partition coefficient (Wildman–Crippen LogP) is 5.70. The van der Waals surface area contributed by atoms with Crippen LogP contribution in [0.4, 0.5) is 8.78 Å². The number of ketones is 1. The second-order valence-corrected chi connectivity index (χ2v) is 12.1. The molecule has 2 aromatic rings. The minimum absolute atomic E-state index is 0.0525. The molecule has 2 aliphatic rings. The second kappa shape index (κ2) is 14.4. The molecule has 1 saturated heterocycles. The Bertz CT molecular complexity index is 1120. The van der Waals surface area contributed by atoms with Crippen molar-refractivity contribution in [3.63, 3.8) is 0 Å². The van der Waals surface area contributed by atoms with Crippen LogP contribution in [0.15, 0.2) is 54.6 Å². The normalized spacial score (nSPS) is 20.1. The van der Waals surface area contributed by atoms with E-state index in [0.717, 1.165) is 63.1 Å². The Balaban J connectivity index is 1.28. The number of benzene rings is 2. The van der Waals surface area contributed by atoms with E-state index in [0.29, 0.717) is 24.5 Å². The SMILES string of the molecule is COc1ccc(CC2CC(=O)CC3(CCN(CC[C@H](NC(=O)CCCC(F)(F)CN)c4ccccc4)CC3)C2)cc1. The lowest BCUT2D eigenvalue weighted by Gasteiger charge is -2.46. The Labute approximate surface area is 243 Å². The fraction of sp³-hybridized carbons (Fsp3) is 0.576. The standard InChI is InChI=1S/C33H45F2N3O3/c1-41-29-11-9-25(10-12-29)20-26-21-28(39)23-32(22-26)15-18-38(19-16-32)17-13-30(27-6-3-2-4-7-27)37-31(40)8-5-14-33(34,35)24-36/h2-4,6-7,9-12,26,30H,5,8,13-24,36H2,1H3,(H,37,40)/t26?,30-/m0/s1. The van der Waals surface area contributed by atoms with Crippen LogP contribution in [-0.2, 0) is 16.0 Å². The molecule has 1 heterocycles. The van der Waals surface area contributed by atoms with Gasteiger partial charge in [0.05, 0.1) is 19.7 Å². The van der Waals surface area contributed by atoms with Gasteiger partial charge in [0.1, 0.15) is 11.5 Å². The summed E-state index contributed by atoms with van der Waals surface area (Å²) in [5.74, 6) is -1.53. The molecule has 2 atom stereocenters. The summed E-state index contributed by atoms with van der Waals surface area (Å²) in [7, 11) is 1.67. The lowest BCUT2D eigenvalue weighted by Crippen LogP contribution is -2.45. The smallest absolute Gasteiger partial charge is 0.260 e. The maximum absolute atomic E-state index is 13.5. The zero-order chi connectivity index (χ0) is 29.3. The van der Waals surface area contributed by atoms with E-state index in [2.05, 4.69) is 22.3 Å². The van der Waals surface area contributed by atoms with Gasteiger partial charge in [0.15, 0.2) is 0 Å². The van der Waals surface area contributed by atoms with Crippen molar-refractivity contribution in [1.82, 2.24) is 10.2 Å². The minimum atomic E-state index is -2.93. The summed E-state index contributed by atoms with van der Waals surface area (Å²) in [6.07, 6.45) is 5.89. The third-order valence-corrected chi connectivity index (χ3v) is 8.93. The van der Waals surface area contributed by atoms with Crippen LogP contribution in [0.2, 0.25) is 0 Å². The Hall–Kier alpha value is -2.84. The first-order valence-corrected chi connectivity index (χ1v) is 15.0. The maximum atomic E-state index is 13.5. The van der Waals surface area contributed by atoms with Gasteiger partial charge in [-0.05, 0) is 86.2 Å². The molecule has 41 heavy (non-hydrogen) atoms. The second-order valence-electron chi connectivity index (χ2n) is 12.1. The number of nitrogens with one attached hydrogen (secondary N) is 1. The number of piperidine rings is 1. The molecule has 1 unspecified atom stereocenters. The maximum Gasteiger partial charge on any atom is 0.260 e. The highest BCUT2D eigenvalue weighted by molar-refractivity contribution is 5.80. The zero-order valence-corrected chi connectivity index (χ0v) is 24.3. The number of rotatable bonds is 13. The summed E-state index contributed by atoms with van der Waals surface area (Å²) in [4.78, 5) is 27.9. The Morgan fingerprint density at radius 3 is 2.51 bits per heavy atom. The third kappa shape index (κ3) is 9.33. The monoisotopic (exact) mass is 569 g/mol. The van der Waals surface area contributed by atoms with Gasteiger partial charge in [-0.2, -0.15) is 0 Å². The van der Waals surface area contributed by atoms with E-state index < -0.39 is 12.5 Å². The molecule has 1 aliphatic heterocycles. The van der Waals surface area contributed by atoms with Crippen LogP contribution in [-0.4, -0.2) is 55.8 Å². The fourth-order valence-corrected chi connectivity index (χ4v) is 6.64. The van der Waals surface area contributed by atoms with Crippen LogP contribution in [0.5, 0.6) is 5.75 Å². The molecule has 8 heteroatoms. The number of halogens is 2. The number of likely N-dealkylation sites (tertiary alicyclic amines) is 1. The lowest BCUT2D eigenvalue weighted by atomic mass is 9.63. The molecule has 224 valence electrons. The topological polar surface area (TPSA) is 84.7 Å². The number of methoxy groups -OCH3 is 1. The molecule has 3 N–H and O–H groups in total. The summed E-state index contributed by atoms with van der Waals surface area (Å²) in [5.41, 5.74) is 7.46. The number of ether oxygens (including phenoxy) is 1. The Morgan fingerprint density at radius 1 is 1.15 bits per heavy atom. The van der Waals surface area contributed by atoms with Crippen molar-refractivity contribution in [2.24, 2.45) is 17.1 Å². The minimum Gasteiger partial charge on any atom is -0.497 e. The van der Waals surface area contributed by atoms with Crippen LogP contribution in [0.25, 0.3) is 0 Å². The average Bonchev–Trinajstić information content (AvgIpc) is 2.96. The zero-order valence-electron chi connectivity index (χ0n) is 24.3. The number of carbonyl (C=O) groups excluding carboxylic acids is 2. The molecule has 0 radical (unpaired) electrons. The van der Waals surface area contributed by atoms with Crippen molar-refractivity contribution in [3.05, 3.63) is 65.7 Å². The Kier molecular flexibility index (Phi) is 10.9. The highest BCUT2D eigenvalue weighted by Gasteiger charge is 2.42. The number of amides is 1. The number of Topliss-reactive ketones (excluding diaryl/α,β-unsaturated/α-hetero) is 1. The van der Waals surface area contributed by atoms with Crippen molar-refractivity contribution in [2.75, 3.05) is 33.3 Å². The number of hydrogen-bond donors (Lipinski definition) is 2. The molecular formula is C33H45F2N3O3. The van der Waals surface area contributed by atoms with Gasteiger partial charge in [-0.3, -0.25) is 9.59 Å². The van der Waals surface area contributed by atoms with E-state index in [-0.39, 0.29) is 36.6 Å². The van der Waals surface area contributed by atoms with Crippen molar-refractivity contribution in [1.29, 1.82) is 0 Å². The largest absolute Gasteiger partial charge is 0.497 e. The van der Waals surface area contributed by atoms with Crippen molar-refractivity contribution >= 4 is 11.7 Å². The summed E-state index contributed by atoms with van der Waals surface area (Å²) < 4.78 is 32.2. The molecule has 1 saturated carbocycles. The van der Waals surface area contributed by atoms with Crippen LogP contribution in [0.3, 0.4) is 0 Å². The molecule has 1 aliphatic carbocycles. The number of alkyl halides is 2. The van der Waals surface area contributed by atoms with Gasteiger partial charge in [-0.15, -0.1) is 0 Å². The van der Waals surface area contributed by atoms with E-state index in [1.807, 2.05) is 42.5 Å². The van der Waals surface area contributed by atoms with Crippen molar-refractivity contribution < 1.29 is 23.1 Å². The van der Waals surface area contributed by atoms with Gasteiger partial charge in [0.25, 0.3) is 5.92 Å². The lowest BCUT2D eigenvalue weighted by molar-refractivity contribution is -0.127. The quantitative estimate of drug-likeness (QED) is 0.323. The molecule has 2 fully saturated rings. The third-order valence-electron chi connectivity index (χ3n) is 8.93. The van der Waals surface area contributed by atoms with Crippen LogP contribution < -0.4 is 15.8 Å². The van der Waals surface area contributed by atoms with Gasteiger partial charge in [-0.1, -0.05) is 42.5 Å². The van der Waals surface area contributed by atoms with Crippen molar-refractivity contribution in [3.8, 4) is 5.75 Å². The number of hydrogen-bond acceptors (Lipinski definition) is 5. The first kappa shape index (κ1) is 31.1. The first-order chi connectivity index (χ1) is 19.7. The van der Waals surface area contributed by atoms with Gasteiger partial charge < -0.3 is 20.7 Å². The van der Waals surface area contributed by atoms with Crippen molar-refractivity contribution in [2.45, 2.75) is 76.2 Å². The fourth-order valence-electron chi connectivity index (χ4n) is 6.64. The van der Waals surface area contributed by atoms with Gasteiger partial charge in [0.2, 0.25) is 5.91 Å². The number of carbonyl (C=O) groups is 2. The van der Waals surface area contributed by atoms with Crippen LogP contribution in [0, 0.1) is 11.3 Å². The number of nitrogens with two attached hydrogens (primary N) is 1. The molecule has 1 spiro atoms. The molecule has 4 rings (SSSR count). The van der Waals surface area contributed by atoms with Gasteiger partial charge >= 0.3 is 0 Å². The molecule has 2 aromatic carbocycles. The van der Waals surface area contributed by atoms with Gasteiger partial charge in [0, 0.05) is 32.2 Å². The van der Waals surface area contributed by atoms with Gasteiger partial charge in [-0.25, -0.2) is 8.78 Å². The van der Waals surface area contributed by atoms with E-state index in [1.165, 1.54) is 5.56 Å². The van der Waals surface area contributed by atoms with E-state index in [4.69, 9.17) is 10.5 Å². The highest BCUT2D eigenvalue weighted by Crippen LogP contribution is 2.46. The molecule has 0 bridgehead atoms. The summed E-state index contributed by atoms with van der Waals surface area (Å²) >= 11 is 0. The van der Waals surface area contributed by atoms with Crippen LogP contribution in [0.1, 0.15) is 75.0 Å². The van der Waals surface area contributed by atoms with E-state index in [1.54, 1.807) is 7.11 Å². The summed E-state index contributed by atoms with van der Waals surface area (Å²) in [6, 6.07) is 17.8. The number of nitrogens with zero attached hydrogens (tertiary/aromatic N) is 1. The van der Waals surface area contributed by atoms with E-state index in [9.17, 15) is 18.4 Å². The summed E-state index contributed by atoms with van der Waals surface area (Å²) in [5, 5.41) is 3.08. The average molecular weight is 570 g/mol. The molecule has 1 amide bonds. The summed E-state index contributed by atoms with van der Waals surface area (Å²) in [6.45, 7) is 2.00. The molecule has 0 aromatic heterocycles. The molecule has 6 nitrogen and oxygen atoms in total.